The summed E-state index contributed by atoms with van der Waals surface area (Å²) in [5, 5.41) is 1.20. The van der Waals surface area contributed by atoms with Crippen LogP contribution in [0.15, 0.2) is 153 Å². The Morgan fingerprint density at radius 3 is 1.09 bits per heavy atom. The minimum absolute atomic E-state index is 0.00366. The molecule has 0 fully saturated rings. The maximum absolute atomic E-state index is 12.9. The maximum atomic E-state index is 12.9. The first kappa shape index (κ1) is 26.9. The van der Waals surface area contributed by atoms with Crippen LogP contribution in [0.2, 0.25) is 0 Å². The molecule has 8 heteroatoms. The summed E-state index contributed by atoms with van der Waals surface area (Å²) < 4.78 is 11.3. The number of aromatic nitrogens is 4. The zero-order chi connectivity index (χ0) is 29.9. The van der Waals surface area contributed by atoms with Crippen molar-refractivity contribution >= 4 is 21.9 Å². The Bertz CT molecular complexity index is 1990. The van der Waals surface area contributed by atoms with E-state index in [1.165, 1.54) is 0 Å². The van der Waals surface area contributed by atoms with Gasteiger partial charge in [0.2, 0.25) is 0 Å². The van der Waals surface area contributed by atoms with Gasteiger partial charge in [-0.2, -0.15) is 0 Å². The van der Waals surface area contributed by atoms with Gasteiger partial charge >= 0.3 is 0 Å². The number of para-hydroxylation sites is 2. The average Bonchev–Trinajstić information content (AvgIpc) is 3.90. The van der Waals surface area contributed by atoms with Gasteiger partial charge in [0.1, 0.15) is 11.2 Å². The minimum Gasteiger partial charge on any atom is -0.464 e. The lowest BCUT2D eigenvalue weighted by Gasteiger charge is -2.14. The van der Waals surface area contributed by atoms with Crippen LogP contribution in [0.4, 0.5) is 0 Å². The van der Waals surface area contributed by atoms with Crippen molar-refractivity contribution in [3.05, 3.63) is 189 Å². The van der Waals surface area contributed by atoms with E-state index in [1.807, 2.05) is 97.6 Å². The lowest BCUT2D eigenvalue weighted by Crippen LogP contribution is -2.16. The van der Waals surface area contributed by atoms with Crippen molar-refractivity contribution in [2.75, 3.05) is 0 Å². The van der Waals surface area contributed by atoms with Crippen LogP contribution in [0.1, 0.15) is 45.7 Å². The predicted octanol–water partition coefficient (Wildman–Crippen LogP) is 7.26. The predicted molar refractivity (Wildman–Crippen MR) is 170 cm³/mol. The molecule has 216 valence electrons. The van der Waals surface area contributed by atoms with Gasteiger partial charge in [0.05, 0.1) is 46.3 Å². The molecule has 6 aromatic heterocycles. The van der Waals surface area contributed by atoms with Gasteiger partial charge in [-0.25, -0.2) is 0 Å². The molecule has 0 amide bonds. The van der Waals surface area contributed by atoms with Gasteiger partial charge < -0.3 is 28.8 Å². The summed E-state index contributed by atoms with van der Waals surface area (Å²) in [5.41, 5.74) is 6.23. The summed E-state index contributed by atoms with van der Waals surface area (Å²) in [6, 6.07) is 30.2. The average molecular weight is 581 g/mol. The molecule has 0 radical (unpaired) electrons. The summed E-state index contributed by atoms with van der Waals surface area (Å²) in [4.78, 5) is 38.5. The van der Waals surface area contributed by atoms with Crippen LogP contribution in [0.3, 0.4) is 0 Å². The van der Waals surface area contributed by atoms with Crippen LogP contribution in [0.25, 0.3) is 21.9 Å². The van der Waals surface area contributed by atoms with Crippen molar-refractivity contribution in [2.45, 2.75) is 11.8 Å². The second-order valence-electron chi connectivity index (χ2n) is 10.4. The van der Waals surface area contributed by atoms with E-state index in [0.29, 0.717) is 33.1 Å². The zero-order valence-corrected chi connectivity index (χ0v) is 23.5. The number of H-pyrrole nitrogens is 4. The zero-order valence-electron chi connectivity index (χ0n) is 23.5. The highest BCUT2D eigenvalue weighted by Gasteiger charge is 2.24. The molecule has 4 N–H and O–H groups in total. The van der Waals surface area contributed by atoms with Crippen molar-refractivity contribution in [1.82, 2.24) is 19.9 Å². The third-order valence-corrected chi connectivity index (χ3v) is 7.77. The molecule has 0 bridgehead atoms. The molecule has 0 aliphatic rings. The first-order chi connectivity index (χ1) is 21.7. The van der Waals surface area contributed by atoms with E-state index in [-0.39, 0.29) is 22.7 Å². The summed E-state index contributed by atoms with van der Waals surface area (Å²) in [6.07, 6.45) is 10.6. The van der Waals surface area contributed by atoms with E-state index in [1.54, 1.807) is 36.8 Å². The number of aromatic amines is 4. The van der Waals surface area contributed by atoms with Gasteiger partial charge in [0.25, 0.3) is 0 Å². The van der Waals surface area contributed by atoms with Gasteiger partial charge in [0.15, 0.2) is 10.9 Å². The van der Waals surface area contributed by atoms with Gasteiger partial charge in [-0.05, 0) is 72.8 Å². The lowest BCUT2D eigenvalue weighted by atomic mass is 9.93. The minimum atomic E-state index is -0.203. The van der Waals surface area contributed by atoms with Crippen molar-refractivity contribution in [1.29, 1.82) is 0 Å². The highest BCUT2D eigenvalue weighted by molar-refractivity contribution is 5.77. The first-order valence-corrected chi connectivity index (χ1v) is 14.2. The van der Waals surface area contributed by atoms with E-state index < -0.39 is 0 Å². The van der Waals surface area contributed by atoms with Crippen LogP contribution in [-0.2, 0) is 0 Å². The summed E-state index contributed by atoms with van der Waals surface area (Å²) in [5.74, 6) is -0.406. The molecule has 0 aliphatic heterocycles. The number of hydrogen-bond donors (Lipinski definition) is 4. The molecule has 8 aromatic rings. The summed E-state index contributed by atoms with van der Waals surface area (Å²) in [6.45, 7) is 0. The number of benzene rings is 2. The topological polar surface area (TPSA) is 124 Å². The molecule has 44 heavy (non-hydrogen) atoms. The quantitative estimate of drug-likeness (QED) is 0.165. The Morgan fingerprint density at radius 2 is 0.773 bits per heavy atom. The van der Waals surface area contributed by atoms with Gasteiger partial charge in [-0.3, -0.25) is 9.59 Å². The molecular weight excluding hydrogens is 552 g/mol. The number of hydrogen-bond acceptors (Lipinski definition) is 4. The third-order valence-electron chi connectivity index (χ3n) is 7.77. The first-order valence-electron chi connectivity index (χ1n) is 14.2. The standard InChI is InChI=1S/2C18H14N2O2/c2*21-18-12-5-1-2-8-16(12)22-11-13(18)17(14-6-3-9-19-14)15-7-4-10-20-15/h2*1-11,17,19-20H. The largest absolute Gasteiger partial charge is 0.464 e. The molecule has 0 atom stereocenters. The van der Waals surface area contributed by atoms with E-state index in [4.69, 9.17) is 8.83 Å². The number of nitrogens with one attached hydrogen (secondary N) is 4. The normalized spacial score (nSPS) is 11.3. The van der Waals surface area contributed by atoms with Crippen molar-refractivity contribution in [3.8, 4) is 0 Å². The monoisotopic (exact) mass is 580 g/mol. The fourth-order valence-corrected chi connectivity index (χ4v) is 5.68. The Morgan fingerprint density at radius 1 is 0.432 bits per heavy atom. The van der Waals surface area contributed by atoms with E-state index in [0.717, 1.165) is 22.8 Å². The van der Waals surface area contributed by atoms with Crippen LogP contribution in [-0.4, -0.2) is 19.9 Å². The smallest absolute Gasteiger partial charge is 0.196 e. The maximum Gasteiger partial charge on any atom is 0.196 e. The van der Waals surface area contributed by atoms with E-state index >= 15 is 0 Å². The van der Waals surface area contributed by atoms with E-state index in [9.17, 15) is 9.59 Å². The Balaban J connectivity index is 0.000000142. The molecule has 6 heterocycles. The molecule has 0 saturated heterocycles. The van der Waals surface area contributed by atoms with Crippen molar-refractivity contribution in [3.63, 3.8) is 0 Å². The molecule has 8 rings (SSSR count). The van der Waals surface area contributed by atoms with Crippen molar-refractivity contribution in [2.24, 2.45) is 0 Å². The number of rotatable bonds is 6. The Labute approximate surface area is 251 Å². The van der Waals surface area contributed by atoms with Gasteiger partial charge in [-0.15, -0.1) is 0 Å². The van der Waals surface area contributed by atoms with Crippen LogP contribution in [0, 0.1) is 0 Å². The molecule has 0 unspecified atom stereocenters. The molecule has 0 aliphatic carbocycles. The fraction of sp³-hybridized carbons (Fsp3) is 0.0556. The highest BCUT2D eigenvalue weighted by atomic mass is 16.3. The molecule has 0 spiro atoms. The lowest BCUT2D eigenvalue weighted by molar-refractivity contribution is 0.589. The van der Waals surface area contributed by atoms with Crippen molar-refractivity contribution < 1.29 is 8.83 Å². The van der Waals surface area contributed by atoms with Gasteiger partial charge in [-0.1, -0.05) is 24.3 Å². The van der Waals surface area contributed by atoms with Crippen LogP contribution in [0.5, 0.6) is 0 Å². The molecular formula is C36H28N4O4. The van der Waals surface area contributed by atoms with E-state index in [2.05, 4.69) is 19.9 Å². The van der Waals surface area contributed by atoms with Gasteiger partial charge in [0, 0.05) is 47.6 Å². The second-order valence-corrected chi connectivity index (χ2v) is 10.4. The second kappa shape index (κ2) is 11.7. The highest BCUT2D eigenvalue weighted by Crippen LogP contribution is 2.30. The van der Waals surface area contributed by atoms with Crippen LogP contribution >= 0.6 is 0 Å². The summed E-state index contributed by atoms with van der Waals surface area (Å²) >= 11 is 0. The van der Waals surface area contributed by atoms with Crippen LogP contribution < -0.4 is 10.9 Å². The molecule has 2 aromatic carbocycles. The fourth-order valence-electron chi connectivity index (χ4n) is 5.68. The number of fused-ring (bicyclic) bond motifs is 2. The third kappa shape index (κ3) is 4.98. The molecule has 0 saturated carbocycles. The SMILES string of the molecule is O=c1c(C(c2ccc[nH]2)c2ccc[nH]2)coc2ccccc12.O=c1c(C(c2ccc[nH]2)c2ccc[nH]2)coc2ccccc12. The summed E-state index contributed by atoms with van der Waals surface area (Å²) in [7, 11) is 0. The Kier molecular flexibility index (Phi) is 7.14. The Hall–Kier alpha value is -6.02. The molecule has 8 nitrogen and oxygen atoms in total.